The number of rotatable bonds is 0. The third-order valence-corrected chi connectivity index (χ3v) is 2.35. The minimum Gasteiger partial charge on any atom is -0.507 e. The number of aromatic hydroxyl groups is 1. The van der Waals surface area contributed by atoms with Crippen molar-refractivity contribution in [1.82, 2.24) is 4.98 Å². The lowest BCUT2D eigenvalue weighted by molar-refractivity contribution is 0.476. The minimum absolute atomic E-state index is 0.350. The molecule has 13 heavy (non-hydrogen) atoms. The van der Waals surface area contributed by atoms with Gasteiger partial charge in [0.05, 0.1) is 5.52 Å². The predicted molar refractivity (Wildman–Crippen MR) is 52.9 cm³/mol. The Hall–Kier alpha value is -1.57. The molecule has 0 saturated heterocycles. The molecule has 66 valence electrons. The molecule has 1 N–H and O–H groups in total. The van der Waals surface area contributed by atoms with Crippen molar-refractivity contribution in [2.75, 3.05) is 0 Å². The highest BCUT2D eigenvalue weighted by Gasteiger charge is 2.06. The van der Waals surface area contributed by atoms with Crippen LogP contribution >= 0.6 is 0 Å². The van der Waals surface area contributed by atoms with Gasteiger partial charge in [-0.15, -0.1) is 0 Å². The fraction of sp³-hybridized carbons (Fsp3) is 0.182. The molecule has 0 unspecified atom stereocenters. The number of aryl methyl sites for hydroxylation is 1. The van der Waals surface area contributed by atoms with Gasteiger partial charge in [-0.1, -0.05) is 12.1 Å². The first kappa shape index (κ1) is 8.05. The third-order valence-electron chi connectivity index (χ3n) is 2.35. The number of pyridine rings is 1. The highest BCUT2D eigenvalue weighted by Crippen LogP contribution is 2.27. The van der Waals surface area contributed by atoms with Gasteiger partial charge in [0, 0.05) is 16.6 Å². The number of benzene rings is 1. The van der Waals surface area contributed by atoms with Crippen LogP contribution in [-0.4, -0.2) is 10.1 Å². The van der Waals surface area contributed by atoms with Gasteiger partial charge in [0.25, 0.3) is 0 Å². The van der Waals surface area contributed by atoms with E-state index in [0.717, 1.165) is 22.2 Å². The number of para-hydroxylation sites is 1. The fourth-order valence-electron chi connectivity index (χ4n) is 1.41. The topological polar surface area (TPSA) is 33.1 Å². The third kappa shape index (κ3) is 1.15. The predicted octanol–water partition coefficient (Wildman–Crippen LogP) is 2.56. The van der Waals surface area contributed by atoms with E-state index in [9.17, 15) is 5.11 Å². The Morgan fingerprint density at radius 3 is 2.62 bits per heavy atom. The molecule has 0 aliphatic rings. The van der Waals surface area contributed by atoms with E-state index in [4.69, 9.17) is 0 Å². The van der Waals surface area contributed by atoms with Gasteiger partial charge in [0.2, 0.25) is 0 Å². The van der Waals surface area contributed by atoms with Gasteiger partial charge in [0.15, 0.2) is 0 Å². The standard InChI is InChI=1S/C11H11NO/c1-7-8(2)12-10-6-4-3-5-9(10)11(7)13/h3-6H,1-2H3,(H,12,13). The van der Waals surface area contributed by atoms with Crippen molar-refractivity contribution in [3.63, 3.8) is 0 Å². The van der Waals surface area contributed by atoms with Crippen LogP contribution in [0, 0.1) is 13.8 Å². The quantitative estimate of drug-likeness (QED) is 0.664. The lowest BCUT2D eigenvalue weighted by Gasteiger charge is -2.06. The Morgan fingerprint density at radius 2 is 1.85 bits per heavy atom. The van der Waals surface area contributed by atoms with Crippen LogP contribution in [0.25, 0.3) is 10.9 Å². The number of aromatic nitrogens is 1. The van der Waals surface area contributed by atoms with Crippen molar-refractivity contribution in [1.29, 1.82) is 0 Å². The Bertz CT molecular complexity index is 463. The van der Waals surface area contributed by atoms with Gasteiger partial charge < -0.3 is 5.11 Å². The molecule has 0 bridgehead atoms. The summed E-state index contributed by atoms with van der Waals surface area (Å²) in [6.07, 6.45) is 0. The molecule has 0 aliphatic heterocycles. The highest BCUT2D eigenvalue weighted by atomic mass is 16.3. The zero-order chi connectivity index (χ0) is 9.42. The number of fused-ring (bicyclic) bond motifs is 1. The average Bonchev–Trinajstić information content (AvgIpc) is 2.15. The smallest absolute Gasteiger partial charge is 0.129 e. The molecule has 2 rings (SSSR count). The van der Waals surface area contributed by atoms with E-state index in [-0.39, 0.29) is 0 Å². The SMILES string of the molecule is Cc1nc2ccccc2c(O)c1C. The molecule has 0 amide bonds. The van der Waals surface area contributed by atoms with Gasteiger partial charge in [0.1, 0.15) is 5.75 Å². The van der Waals surface area contributed by atoms with E-state index in [1.54, 1.807) is 0 Å². The molecular formula is C11H11NO. The van der Waals surface area contributed by atoms with E-state index in [0.29, 0.717) is 5.75 Å². The summed E-state index contributed by atoms with van der Waals surface area (Å²) in [5, 5.41) is 10.6. The van der Waals surface area contributed by atoms with Gasteiger partial charge in [-0.05, 0) is 26.0 Å². The van der Waals surface area contributed by atoms with Gasteiger partial charge in [-0.25, -0.2) is 0 Å². The largest absolute Gasteiger partial charge is 0.507 e. The second kappa shape index (κ2) is 2.73. The highest BCUT2D eigenvalue weighted by molar-refractivity contribution is 5.86. The summed E-state index contributed by atoms with van der Waals surface area (Å²) in [7, 11) is 0. The molecule has 1 heterocycles. The zero-order valence-electron chi connectivity index (χ0n) is 7.70. The average molecular weight is 173 g/mol. The van der Waals surface area contributed by atoms with Crippen LogP contribution in [0.2, 0.25) is 0 Å². The number of nitrogens with zero attached hydrogens (tertiary/aromatic N) is 1. The van der Waals surface area contributed by atoms with Gasteiger partial charge >= 0.3 is 0 Å². The van der Waals surface area contributed by atoms with Crippen LogP contribution in [0.15, 0.2) is 24.3 Å². The molecular weight excluding hydrogens is 162 g/mol. The van der Waals surface area contributed by atoms with Crippen LogP contribution < -0.4 is 0 Å². The van der Waals surface area contributed by atoms with Gasteiger partial charge in [-0.3, -0.25) is 4.98 Å². The Balaban J connectivity index is 2.94. The van der Waals surface area contributed by atoms with Gasteiger partial charge in [-0.2, -0.15) is 0 Å². The number of hydrogen-bond acceptors (Lipinski definition) is 2. The molecule has 0 aliphatic carbocycles. The van der Waals surface area contributed by atoms with Crippen molar-refractivity contribution in [3.8, 4) is 5.75 Å². The lowest BCUT2D eigenvalue weighted by Crippen LogP contribution is -1.89. The van der Waals surface area contributed by atoms with E-state index < -0.39 is 0 Å². The zero-order valence-corrected chi connectivity index (χ0v) is 7.70. The van der Waals surface area contributed by atoms with E-state index in [1.165, 1.54) is 0 Å². The normalized spacial score (nSPS) is 10.6. The molecule has 2 heteroatoms. The van der Waals surface area contributed by atoms with Crippen LogP contribution in [-0.2, 0) is 0 Å². The first-order chi connectivity index (χ1) is 6.20. The second-order valence-corrected chi connectivity index (χ2v) is 3.19. The van der Waals surface area contributed by atoms with Crippen LogP contribution in [0.4, 0.5) is 0 Å². The van der Waals surface area contributed by atoms with Crippen molar-refractivity contribution in [3.05, 3.63) is 35.5 Å². The van der Waals surface area contributed by atoms with Crippen molar-refractivity contribution >= 4 is 10.9 Å². The lowest BCUT2D eigenvalue weighted by atomic mass is 10.1. The molecule has 2 aromatic rings. The molecule has 0 saturated carbocycles. The second-order valence-electron chi connectivity index (χ2n) is 3.19. The van der Waals surface area contributed by atoms with E-state index >= 15 is 0 Å². The summed E-state index contributed by atoms with van der Waals surface area (Å²) >= 11 is 0. The summed E-state index contributed by atoms with van der Waals surface area (Å²) < 4.78 is 0. The van der Waals surface area contributed by atoms with Crippen LogP contribution in [0.3, 0.4) is 0 Å². The van der Waals surface area contributed by atoms with Crippen molar-refractivity contribution in [2.24, 2.45) is 0 Å². The molecule has 0 spiro atoms. The van der Waals surface area contributed by atoms with Crippen LogP contribution in [0.1, 0.15) is 11.3 Å². The Kier molecular flexibility index (Phi) is 1.69. The molecule has 1 aromatic carbocycles. The maximum atomic E-state index is 9.80. The Labute approximate surface area is 76.9 Å². The molecule has 0 radical (unpaired) electrons. The molecule has 1 aromatic heterocycles. The molecule has 0 fully saturated rings. The Morgan fingerprint density at radius 1 is 1.15 bits per heavy atom. The summed E-state index contributed by atoms with van der Waals surface area (Å²) in [6.45, 7) is 3.78. The maximum Gasteiger partial charge on any atom is 0.129 e. The summed E-state index contributed by atoms with van der Waals surface area (Å²) in [6, 6.07) is 7.60. The summed E-state index contributed by atoms with van der Waals surface area (Å²) in [5.41, 5.74) is 2.60. The fourth-order valence-corrected chi connectivity index (χ4v) is 1.41. The van der Waals surface area contributed by atoms with E-state index in [2.05, 4.69) is 4.98 Å². The van der Waals surface area contributed by atoms with Crippen molar-refractivity contribution < 1.29 is 5.11 Å². The minimum atomic E-state index is 0.350. The first-order valence-electron chi connectivity index (χ1n) is 4.25. The van der Waals surface area contributed by atoms with Crippen molar-refractivity contribution in [2.45, 2.75) is 13.8 Å². The summed E-state index contributed by atoms with van der Waals surface area (Å²) in [4.78, 5) is 4.38. The monoisotopic (exact) mass is 173 g/mol. The number of hydrogen-bond donors (Lipinski definition) is 1. The first-order valence-corrected chi connectivity index (χ1v) is 4.25. The van der Waals surface area contributed by atoms with Crippen LogP contribution in [0.5, 0.6) is 5.75 Å². The summed E-state index contributed by atoms with van der Waals surface area (Å²) in [5.74, 6) is 0.350. The van der Waals surface area contributed by atoms with E-state index in [1.807, 2.05) is 38.1 Å². The molecule has 0 atom stereocenters. The molecule has 2 nitrogen and oxygen atoms in total. The maximum absolute atomic E-state index is 9.80.